The van der Waals surface area contributed by atoms with E-state index >= 15 is 0 Å². The summed E-state index contributed by atoms with van der Waals surface area (Å²) in [4.78, 5) is 30.0. The van der Waals surface area contributed by atoms with Gasteiger partial charge in [0.15, 0.2) is 20.9 Å². The van der Waals surface area contributed by atoms with Crippen LogP contribution in [-0.4, -0.2) is 45.8 Å². The molecule has 0 bridgehead atoms. The molecule has 0 spiro atoms. The number of hydrogen-bond acceptors (Lipinski definition) is 8. The minimum atomic E-state index is -4.24. The Balaban J connectivity index is 1.65. The largest absolute Gasteiger partial charge is 0.354 e. The van der Waals surface area contributed by atoms with Gasteiger partial charge in [0.2, 0.25) is 15.9 Å². The van der Waals surface area contributed by atoms with Crippen LogP contribution in [0.25, 0.3) is 21.3 Å². The summed E-state index contributed by atoms with van der Waals surface area (Å²) in [5.41, 5.74) is 3.05. The molecule has 3 N–H and O–H groups in total. The number of carbonyl (C=O) groups excluding carboxylic acids is 2. The Bertz CT molecular complexity index is 1800. The Morgan fingerprint density at radius 1 is 0.976 bits per heavy atom. The van der Waals surface area contributed by atoms with Gasteiger partial charge in [0.25, 0.3) is 0 Å². The molecular weight excluding hydrogens is 602 g/mol. The molecule has 222 valence electrons. The maximum Gasteiger partial charge on any atom is 0.245 e. The number of nitrogens with one attached hydrogen (secondary N) is 1. The van der Waals surface area contributed by atoms with E-state index in [0.29, 0.717) is 22.2 Å². The van der Waals surface area contributed by atoms with E-state index < -0.39 is 48.3 Å². The fraction of sp³-hybridized carbons (Fsp3) is 0.276. The first kappa shape index (κ1) is 31.4. The lowest BCUT2D eigenvalue weighted by Gasteiger charge is -2.15. The zero-order valence-corrected chi connectivity index (χ0v) is 25.2. The number of benzene rings is 3. The SMILES string of the molecule is CCCCC(=O)c1ccc(-c2ccc3nc(C(C(=O)NCCS(N)(=O)=O)S(=O)(=O)Cc4ccc(F)cc4)sc3c2)cc1. The zero-order valence-electron chi connectivity index (χ0n) is 22.7. The number of rotatable bonds is 13. The van der Waals surface area contributed by atoms with Gasteiger partial charge in [-0.15, -0.1) is 11.3 Å². The standard InChI is InChI=1S/C29H30FN3O6S3/c1-2-3-4-25(34)21-9-7-20(8-10-21)22-11-14-24-26(17-22)40-29(33-24)27(28(35)32-15-16-42(31,38)39)41(36,37)18-19-5-12-23(30)13-6-19/h5-14,17,27H,2-4,15-16,18H2,1H3,(H,32,35)(H2,31,38,39). The molecule has 0 aliphatic heterocycles. The molecule has 1 amide bonds. The Morgan fingerprint density at radius 2 is 1.64 bits per heavy atom. The second-order valence-corrected chi connectivity index (χ2v) is 14.7. The quantitative estimate of drug-likeness (QED) is 0.206. The summed E-state index contributed by atoms with van der Waals surface area (Å²) in [5.74, 6) is -2.53. The number of amides is 1. The first-order valence-corrected chi connectivity index (χ1v) is 17.4. The van der Waals surface area contributed by atoms with Gasteiger partial charge in [0.1, 0.15) is 10.8 Å². The number of thiazole rings is 1. The van der Waals surface area contributed by atoms with E-state index in [-0.39, 0.29) is 22.9 Å². The lowest BCUT2D eigenvalue weighted by molar-refractivity contribution is -0.120. The third-order valence-corrected chi connectivity index (χ3v) is 10.4. The molecule has 1 atom stereocenters. The van der Waals surface area contributed by atoms with E-state index in [1.54, 1.807) is 18.2 Å². The van der Waals surface area contributed by atoms with Crippen LogP contribution in [0.5, 0.6) is 0 Å². The highest BCUT2D eigenvalue weighted by molar-refractivity contribution is 7.91. The molecule has 0 saturated carbocycles. The average Bonchev–Trinajstić information content (AvgIpc) is 3.34. The van der Waals surface area contributed by atoms with Crippen LogP contribution in [0.2, 0.25) is 0 Å². The Labute approximate surface area is 248 Å². The number of hydrogen-bond donors (Lipinski definition) is 2. The highest BCUT2D eigenvalue weighted by atomic mass is 32.2. The van der Waals surface area contributed by atoms with Crippen molar-refractivity contribution in [3.05, 3.63) is 88.7 Å². The molecular formula is C29H30FN3O6S3. The average molecular weight is 632 g/mol. The summed E-state index contributed by atoms with van der Waals surface area (Å²) >= 11 is 1.03. The van der Waals surface area contributed by atoms with Crippen molar-refractivity contribution in [1.29, 1.82) is 0 Å². The zero-order chi connectivity index (χ0) is 30.5. The van der Waals surface area contributed by atoms with E-state index in [2.05, 4.69) is 10.3 Å². The molecule has 13 heteroatoms. The second kappa shape index (κ2) is 13.2. The second-order valence-electron chi connectivity index (χ2n) is 9.81. The van der Waals surface area contributed by atoms with Crippen molar-refractivity contribution >= 4 is 53.1 Å². The number of unbranched alkanes of at least 4 members (excludes halogenated alkanes) is 1. The van der Waals surface area contributed by atoms with Crippen molar-refractivity contribution in [3.63, 3.8) is 0 Å². The Morgan fingerprint density at radius 3 is 2.29 bits per heavy atom. The van der Waals surface area contributed by atoms with Crippen molar-refractivity contribution in [2.24, 2.45) is 5.14 Å². The third kappa shape index (κ3) is 8.06. The molecule has 9 nitrogen and oxygen atoms in total. The van der Waals surface area contributed by atoms with Crippen LogP contribution in [-0.2, 0) is 30.4 Å². The Hall–Kier alpha value is -3.52. The van der Waals surface area contributed by atoms with Crippen LogP contribution >= 0.6 is 11.3 Å². The molecule has 4 rings (SSSR count). The number of sulfone groups is 1. The molecule has 1 heterocycles. The topological polar surface area (TPSA) is 153 Å². The van der Waals surface area contributed by atoms with E-state index in [4.69, 9.17) is 5.14 Å². The van der Waals surface area contributed by atoms with Crippen molar-refractivity contribution in [2.45, 2.75) is 37.2 Å². The van der Waals surface area contributed by atoms with Crippen LogP contribution in [0.4, 0.5) is 4.39 Å². The molecule has 3 aromatic carbocycles. The molecule has 0 aliphatic carbocycles. The van der Waals surface area contributed by atoms with Gasteiger partial charge < -0.3 is 5.32 Å². The van der Waals surface area contributed by atoms with Gasteiger partial charge >= 0.3 is 0 Å². The number of nitrogens with two attached hydrogens (primary N) is 1. The first-order valence-electron chi connectivity index (χ1n) is 13.1. The van der Waals surface area contributed by atoms with E-state index in [0.717, 1.165) is 47.4 Å². The summed E-state index contributed by atoms with van der Waals surface area (Å²) < 4.78 is 63.8. The lowest BCUT2D eigenvalue weighted by Crippen LogP contribution is -2.37. The van der Waals surface area contributed by atoms with E-state index in [1.807, 2.05) is 31.2 Å². The summed E-state index contributed by atoms with van der Waals surface area (Å²) in [6.45, 7) is 1.65. The first-order chi connectivity index (χ1) is 19.9. The van der Waals surface area contributed by atoms with Crippen LogP contribution < -0.4 is 10.5 Å². The number of carbonyl (C=O) groups is 2. The third-order valence-electron chi connectivity index (χ3n) is 6.49. The van der Waals surface area contributed by atoms with Gasteiger partial charge in [-0.3, -0.25) is 9.59 Å². The molecule has 1 unspecified atom stereocenters. The van der Waals surface area contributed by atoms with Crippen LogP contribution in [0.15, 0.2) is 66.7 Å². The van der Waals surface area contributed by atoms with Gasteiger partial charge in [-0.25, -0.2) is 31.3 Å². The van der Waals surface area contributed by atoms with Crippen molar-refractivity contribution in [3.8, 4) is 11.1 Å². The van der Waals surface area contributed by atoms with Crippen molar-refractivity contribution in [2.75, 3.05) is 12.3 Å². The maximum absolute atomic E-state index is 13.5. The van der Waals surface area contributed by atoms with Gasteiger partial charge in [-0.2, -0.15) is 0 Å². The monoisotopic (exact) mass is 631 g/mol. The van der Waals surface area contributed by atoms with Gasteiger partial charge in [-0.1, -0.05) is 55.8 Å². The summed E-state index contributed by atoms with van der Waals surface area (Å²) in [6.07, 6.45) is 2.26. The number of aromatic nitrogens is 1. The fourth-order valence-electron chi connectivity index (χ4n) is 4.30. The predicted octanol–water partition coefficient (Wildman–Crippen LogP) is 4.54. The van der Waals surface area contributed by atoms with Gasteiger partial charge in [-0.05, 0) is 47.4 Å². The van der Waals surface area contributed by atoms with E-state index in [1.165, 1.54) is 12.1 Å². The normalized spacial score (nSPS) is 12.7. The minimum absolute atomic E-state index is 0.00855. The number of Topliss-reactive ketones (excluding diaryl/α,β-unsaturated/α-hetero) is 1. The summed E-state index contributed by atoms with van der Waals surface area (Å²) in [7, 11) is -8.13. The molecule has 42 heavy (non-hydrogen) atoms. The molecule has 0 saturated heterocycles. The van der Waals surface area contributed by atoms with Gasteiger partial charge in [0.05, 0.1) is 21.7 Å². The summed E-state index contributed by atoms with van der Waals surface area (Å²) in [6, 6.07) is 17.5. The van der Waals surface area contributed by atoms with Crippen LogP contribution in [0.1, 0.15) is 52.4 Å². The van der Waals surface area contributed by atoms with Crippen molar-refractivity contribution in [1.82, 2.24) is 10.3 Å². The number of ketones is 1. The number of sulfonamides is 1. The molecule has 0 aliphatic rings. The van der Waals surface area contributed by atoms with Gasteiger partial charge in [0, 0.05) is 18.5 Å². The molecule has 0 radical (unpaired) electrons. The molecule has 4 aromatic rings. The van der Waals surface area contributed by atoms with E-state index in [9.17, 15) is 30.8 Å². The number of nitrogens with zero attached hydrogens (tertiary/aromatic N) is 1. The van der Waals surface area contributed by atoms with Crippen LogP contribution in [0, 0.1) is 5.82 Å². The highest BCUT2D eigenvalue weighted by Crippen LogP contribution is 2.35. The molecule has 1 aromatic heterocycles. The maximum atomic E-state index is 13.5. The fourth-order valence-corrected chi connectivity index (χ4v) is 7.85. The summed E-state index contributed by atoms with van der Waals surface area (Å²) in [5, 5.41) is 5.63. The minimum Gasteiger partial charge on any atom is -0.354 e. The van der Waals surface area contributed by atoms with Crippen LogP contribution in [0.3, 0.4) is 0 Å². The lowest BCUT2D eigenvalue weighted by atomic mass is 10.0. The predicted molar refractivity (Wildman–Crippen MR) is 162 cm³/mol. The smallest absolute Gasteiger partial charge is 0.245 e. The molecule has 0 fully saturated rings. The highest BCUT2D eigenvalue weighted by Gasteiger charge is 2.37. The number of halogens is 1. The number of primary sulfonamides is 1. The number of fused-ring (bicyclic) bond motifs is 1. The van der Waals surface area contributed by atoms with Crippen molar-refractivity contribution < 1.29 is 30.8 Å². The Kier molecular flexibility index (Phi) is 9.87.